The number of aryl methyl sites for hydroxylation is 1. The van der Waals surface area contributed by atoms with Gasteiger partial charge in [0, 0.05) is 24.6 Å². The highest BCUT2D eigenvalue weighted by atomic mass is 16.5. The van der Waals surface area contributed by atoms with E-state index in [2.05, 4.69) is 15.5 Å². The fourth-order valence-corrected chi connectivity index (χ4v) is 2.92. The summed E-state index contributed by atoms with van der Waals surface area (Å²) in [7, 11) is 0. The minimum absolute atomic E-state index is 0.143. The predicted molar refractivity (Wildman–Crippen MR) is 113 cm³/mol. The van der Waals surface area contributed by atoms with Crippen LogP contribution in [0.25, 0.3) is 11.4 Å². The first-order chi connectivity index (χ1) is 14.7. The Hall–Kier alpha value is -3.93. The third-order valence-electron chi connectivity index (χ3n) is 4.56. The van der Waals surface area contributed by atoms with E-state index in [1.807, 2.05) is 54.6 Å². The Labute approximate surface area is 174 Å². The van der Waals surface area contributed by atoms with Gasteiger partial charge in [-0.15, -0.1) is 0 Å². The number of carbonyl (C=O) groups excluding carboxylic acids is 1. The smallest absolute Gasteiger partial charge is 0.251 e. The normalized spacial score (nSPS) is 10.6. The molecule has 0 radical (unpaired) electrons. The summed E-state index contributed by atoms with van der Waals surface area (Å²) in [5.74, 6) is 1.66. The monoisotopic (exact) mass is 399 g/mol. The molecule has 30 heavy (non-hydrogen) atoms. The average molecular weight is 399 g/mol. The predicted octanol–water partition coefficient (Wildman–Crippen LogP) is 4.55. The zero-order valence-corrected chi connectivity index (χ0v) is 16.5. The molecule has 6 nitrogen and oxygen atoms in total. The first-order valence-corrected chi connectivity index (χ1v) is 9.62. The number of nitrogens with zero attached hydrogens (tertiary/aromatic N) is 2. The molecule has 1 amide bonds. The molecule has 0 aliphatic rings. The van der Waals surface area contributed by atoms with Gasteiger partial charge in [-0.3, -0.25) is 4.79 Å². The molecule has 6 heteroatoms. The highest BCUT2D eigenvalue weighted by molar-refractivity contribution is 5.94. The summed E-state index contributed by atoms with van der Waals surface area (Å²) in [6, 6.07) is 24.8. The minimum atomic E-state index is -0.143. The van der Waals surface area contributed by atoms with Gasteiger partial charge < -0.3 is 14.6 Å². The fraction of sp³-hybridized carbons (Fsp3) is 0.125. The zero-order valence-electron chi connectivity index (χ0n) is 16.5. The number of rotatable bonds is 7. The lowest BCUT2D eigenvalue weighted by Crippen LogP contribution is -2.22. The van der Waals surface area contributed by atoms with Crippen molar-refractivity contribution >= 4 is 5.91 Å². The Morgan fingerprint density at radius 1 is 0.933 bits per heavy atom. The molecule has 1 N–H and O–H groups in total. The molecular weight excluding hydrogens is 378 g/mol. The lowest BCUT2D eigenvalue weighted by molar-refractivity contribution is 0.0951. The van der Waals surface area contributed by atoms with E-state index in [1.165, 1.54) is 0 Å². The maximum absolute atomic E-state index is 12.4. The van der Waals surface area contributed by atoms with Gasteiger partial charge in [0.05, 0.1) is 0 Å². The van der Waals surface area contributed by atoms with Crippen molar-refractivity contribution in [3.05, 3.63) is 101 Å². The molecule has 1 aromatic heterocycles. The van der Waals surface area contributed by atoms with E-state index in [0.29, 0.717) is 30.4 Å². The molecule has 4 aromatic rings. The second kappa shape index (κ2) is 9.05. The van der Waals surface area contributed by atoms with E-state index in [0.717, 1.165) is 22.4 Å². The Balaban J connectivity index is 1.29. The topological polar surface area (TPSA) is 77.2 Å². The maximum atomic E-state index is 12.4. The van der Waals surface area contributed by atoms with Gasteiger partial charge in [0.15, 0.2) is 0 Å². The third-order valence-corrected chi connectivity index (χ3v) is 4.56. The molecule has 0 aliphatic heterocycles. The van der Waals surface area contributed by atoms with Crippen LogP contribution in [0.2, 0.25) is 0 Å². The molecule has 0 spiro atoms. The lowest BCUT2D eigenvalue weighted by Gasteiger charge is -2.09. The zero-order chi connectivity index (χ0) is 20.8. The van der Waals surface area contributed by atoms with Crippen molar-refractivity contribution in [1.82, 2.24) is 15.5 Å². The summed E-state index contributed by atoms with van der Waals surface area (Å²) >= 11 is 0. The summed E-state index contributed by atoms with van der Waals surface area (Å²) in [6.45, 7) is 2.69. The molecule has 3 aromatic carbocycles. The van der Waals surface area contributed by atoms with Crippen LogP contribution in [0, 0.1) is 6.92 Å². The minimum Gasteiger partial charge on any atom is -0.489 e. The maximum Gasteiger partial charge on any atom is 0.251 e. The number of aromatic nitrogens is 2. The number of carbonyl (C=O) groups is 1. The van der Waals surface area contributed by atoms with Crippen molar-refractivity contribution in [2.75, 3.05) is 0 Å². The summed E-state index contributed by atoms with van der Waals surface area (Å²) in [5, 5.41) is 6.80. The van der Waals surface area contributed by atoms with Gasteiger partial charge >= 0.3 is 0 Å². The highest BCUT2D eigenvalue weighted by Gasteiger charge is 2.09. The summed E-state index contributed by atoms with van der Waals surface area (Å²) in [5.41, 5.74) is 3.49. The molecule has 0 saturated heterocycles. The SMILES string of the molecule is Cc1nc(-c2ccc(C(=O)NCc3ccc(OCc4ccccc4)cc3)cc2)no1. The van der Waals surface area contributed by atoms with Crippen molar-refractivity contribution < 1.29 is 14.1 Å². The van der Waals surface area contributed by atoms with Crippen molar-refractivity contribution in [1.29, 1.82) is 0 Å². The quantitative estimate of drug-likeness (QED) is 0.493. The number of ether oxygens (including phenoxy) is 1. The van der Waals surface area contributed by atoms with Crippen LogP contribution in [0.4, 0.5) is 0 Å². The molecule has 0 aliphatic carbocycles. The van der Waals surface area contributed by atoms with Crippen LogP contribution in [0.3, 0.4) is 0 Å². The molecular formula is C24H21N3O3. The number of hydrogen-bond donors (Lipinski definition) is 1. The number of hydrogen-bond acceptors (Lipinski definition) is 5. The Morgan fingerprint density at radius 3 is 2.33 bits per heavy atom. The summed E-state index contributed by atoms with van der Waals surface area (Å²) < 4.78 is 10.8. The van der Waals surface area contributed by atoms with Gasteiger partial charge in [0.2, 0.25) is 11.7 Å². The number of nitrogens with one attached hydrogen (secondary N) is 1. The van der Waals surface area contributed by atoms with Crippen LogP contribution in [-0.2, 0) is 13.2 Å². The van der Waals surface area contributed by atoms with Crippen molar-refractivity contribution in [2.45, 2.75) is 20.1 Å². The average Bonchev–Trinajstić information content (AvgIpc) is 3.24. The third kappa shape index (κ3) is 4.91. The van der Waals surface area contributed by atoms with Crippen LogP contribution < -0.4 is 10.1 Å². The molecule has 4 rings (SSSR count). The van der Waals surface area contributed by atoms with E-state index in [4.69, 9.17) is 9.26 Å². The van der Waals surface area contributed by atoms with E-state index >= 15 is 0 Å². The molecule has 0 fully saturated rings. The van der Waals surface area contributed by atoms with Gasteiger partial charge in [-0.05, 0) is 35.4 Å². The fourth-order valence-electron chi connectivity index (χ4n) is 2.92. The largest absolute Gasteiger partial charge is 0.489 e. The Morgan fingerprint density at radius 2 is 1.67 bits per heavy atom. The van der Waals surface area contributed by atoms with Crippen molar-refractivity contribution in [3.63, 3.8) is 0 Å². The van der Waals surface area contributed by atoms with Crippen LogP contribution in [-0.4, -0.2) is 16.0 Å². The summed E-state index contributed by atoms with van der Waals surface area (Å²) in [6.07, 6.45) is 0. The van der Waals surface area contributed by atoms with Crippen LogP contribution in [0.5, 0.6) is 5.75 Å². The van der Waals surface area contributed by atoms with Crippen LogP contribution >= 0.6 is 0 Å². The van der Waals surface area contributed by atoms with Gasteiger partial charge in [0.1, 0.15) is 12.4 Å². The van der Waals surface area contributed by atoms with Crippen LogP contribution in [0.1, 0.15) is 27.4 Å². The highest BCUT2D eigenvalue weighted by Crippen LogP contribution is 2.17. The molecule has 0 atom stereocenters. The Bertz CT molecular complexity index is 1100. The van der Waals surface area contributed by atoms with E-state index in [-0.39, 0.29) is 5.91 Å². The first kappa shape index (κ1) is 19.4. The van der Waals surface area contributed by atoms with E-state index < -0.39 is 0 Å². The molecule has 1 heterocycles. The van der Waals surface area contributed by atoms with Gasteiger partial charge in [-0.1, -0.05) is 59.8 Å². The number of benzene rings is 3. The summed E-state index contributed by atoms with van der Waals surface area (Å²) in [4.78, 5) is 16.6. The molecule has 150 valence electrons. The lowest BCUT2D eigenvalue weighted by atomic mass is 10.1. The molecule has 0 bridgehead atoms. The number of amides is 1. The molecule has 0 saturated carbocycles. The van der Waals surface area contributed by atoms with Gasteiger partial charge in [-0.2, -0.15) is 4.98 Å². The van der Waals surface area contributed by atoms with Gasteiger partial charge in [-0.25, -0.2) is 0 Å². The van der Waals surface area contributed by atoms with E-state index in [1.54, 1.807) is 31.2 Å². The molecule has 0 unspecified atom stereocenters. The van der Waals surface area contributed by atoms with E-state index in [9.17, 15) is 4.79 Å². The van der Waals surface area contributed by atoms with Crippen molar-refractivity contribution in [2.24, 2.45) is 0 Å². The first-order valence-electron chi connectivity index (χ1n) is 9.62. The Kier molecular flexibility index (Phi) is 5.85. The standard InChI is InChI=1S/C24H21N3O3/c1-17-26-23(27-30-17)20-9-11-21(12-10-20)24(28)25-15-18-7-13-22(14-8-18)29-16-19-5-3-2-4-6-19/h2-14H,15-16H2,1H3,(H,25,28). The van der Waals surface area contributed by atoms with Crippen molar-refractivity contribution in [3.8, 4) is 17.1 Å². The second-order valence-electron chi connectivity index (χ2n) is 6.82. The van der Waals surface area contributed by atoms with Gasteiger partial charge in [0.25, 0.3) is 5.91 Å². The second-order valence-corrected chi connectivity index (χ2v) is 6.82. The van der Waals surface area contributed by atoms with Crippen LogP contribution in [0.15, 0.2) is 83.4 Å².